The van der Waals surface area contributed by atoms with Crippen molar-refractivity contribution in [2.24, 2.45) is 5.92 Å². The van der Waals surface area contributed by atoms with Gasteiger partial charge in [0, 0.05) is 30.4 Å². The molecule has 0 radical (unpaired) electrons. The van der Waals surface area contributed by atoms with Gasteiger partial charge in [0.15, 0.2) is 4.90 Å². The number of nitrogens with one attached hydrogen (secondary N) is 1. The molecule has 0 aliphatic carbocycles. The summed E-state index contributed by atoms with van der Waals surface area (Å²) in [5.41, 5.74) is 1.48. The van der Waals surface area contributed by atoms with Crippen molar-refractivity contribution in [1.29, 1.82) is 0 Å². The molecule has 1 amide bonds. The predicted molar refractivity (Wildman–Crippen MR) is 110 cm³/mol. The van der Waals surface area contributed by atoms with Crippen molar-refractivity contribution in [2.45, 2.75) is 38.0 Å². The SMILES string of the molecule is CC(C)CCN1C(=O)CCc2cc(NS(=O)(=O)c3ccccc3[N+](=O)[O-])ccc21. The van der Waals surface area contributed by atoms with Crippen molar-refractivity contribution in [2.75, 3.05) is 16.2 Å². The Morgan fingerprint density at radius 2 is 1.90 bits per heavy atom. The molecular formula is C20H23N3O5S. The number of nitro groups is 1. The third kappa shape index (κ3) is 4.56. The van der Waals surface area contributed by atoms with Crippen LogP contribution < -0.4 is 9.62 Å². The lowest BCUT2D eigenvalue weighted by Crippen LogP contribution is -2.36. The largest absolute Gasteiger partial charge is 0.312 e. The lowest BCUT2D eigenvalue weighted by Gasteiger charge is -2.30. The van der Waals surface area contributed by atoms with E-state index in [2.05, 4.69) is 18.6 Å². The van der Waals surface area contributed by atoms with Crippen LogP contribution in [0.5, 0.6) is 0 Å². The Bertz CT molecular complexity index is 1050. The topological polar surface area (TPSA) is 110 Å². The van der Waals surface area contributed by atoms with Gasteiger partial charge < -0.3 is 4.90 Å². The Labute approximate surface area is 169 Å². The molecule has 0 unspecified atom stereocenters. The average Bonchev–Trinajstić information content (AvgIpc) is 2.66. The van der Waals surface area contributed by atoms with E-state index in [4.69, 9.17) is 0 Å². The molecule has 0 saturated carbocycles. The van der Waals surface area contributed by atoms with Crippen molar-refractivity contribution in [3.8, 4) is 0 Å². The molecule has 0 aromatic heterocycles. The highest BCUT2D eigenvalue weighted by atomic mass is 32.2. The minimum Gasteiger partial charge on any atom is -0.312 e. The molecule has 0 saturated heterocycles. The number of fused-ring (bicyclic) bond motifs is 1. The van der Waals surface area contributed by atoms with Crippen LogP contribution in [0.4, 0.5) is 17.1 Å². The summed E-state index contributed by atoms with van der Waals surface area (Å²) in [6.07, 6.45) is 1.76. The molecule has 9 heteroatoms. The molecule has 154 valence electrons. The van der Waals surface area contributed by atoms with E-state index in [1.165, 1.54) is 18.2 Å². The van der Waals surface area contributed by atoms with Crippen molar-refractivity contribution in [3.63, 3.8) is 0 Å². The van der Waals surface area contributed by atoms with E-state index in [0.717, 1.165) is 23.7 Å². The van der Waals surface area contributed by atoms with E-state index in [-0.39, 0.29) is 5.91 Å². The van der Waals surface area contributed by atoms with E-state index in [1.54, 1.807) is 23.1 Å². The first kappa shape index (κ1) is 20.8. The summed E-state index contributed by atoms with van der Waals surface area (Å²) in [5, 5.41) is 11.2. The van der Waals surface area contributed by atoms with Crippen LogP contribution in [0, 0.1) is 16.0 Å². The fourth-order valence-electron chi connectivity index (χ4n) is 3.30. The van der Waals surface area contributed by atoms with Gasteiger partial charge in [-0.05, 0) is 48.6 Å². The summed E-state index contributed by atoms with van der Waals surface area (Å²) >= 11 is 0. The lowest BCUT2D eigenvalue weighted by molar-refractivity contribution is -0.387. The molecule has 1 N–H and O–H groups in total. The zero-order valence-electron chi connectivity index (χ0n) is 16.3. The highest BCUT2D eigenvalue weighted by molar-refractivity contribution is 7.92. The van der Waals surface area contributed by atoms with Gasteiger partial charge in [-0.25, -0.2) is 8.42 Å². The maximum absolute atomic E-state index is 12.7. The fourth-order valence-corrected chi connectivity index (χ4v) is 4.52. The standard InChI is InChI=1S/C20H23N3O5S/c1-14(2)11-12-22-17-9-8-16(13-15(17)7-10-20(22)24)21-29(27,28)19-6-4-3-5-18(19)23(25)26/h3-6,8-9,13-14,21H,7,10-12H2,1-2H3. The van der Waals surface area contributed by atoms with Crippen molar-refractivity contribution >= 4 is 33.0 Å². The number of hydrogen-bond acceptors (Lipinski definition) is 5. The number of benzene rings is 2. The number of sulfonamides is 1. The third-order valence-electron chi connectivity index (χ3n) is 4.81. The van der Waals surface area contributed by atoms with Crippen LogP contribution in [-0.4, -0.2) is 25.8 Å². The van der Waals surface area contributed by atoms with Crippen molar-refractivity contribution in [1.82, 2.24) is 0 Å². The zero-order chi connectivity index (χ0) is 21.2. The first-order valence-electron chi connectivity index (χ1n) is 9.38. The quantitative estimate of drug-likeness (QED) is 0.545. The number of nitrogens with zero attached hydrogens (tertiary/aromatic N) is 2. The van der Waals surface area contributed by atoms with Gasteiger partial charge >= 0.3 is 0 Å². The smallest absolute Gasteiger partial charge is 0.289 e. The third-order valence-corrected chi connectivity index (χ3v) is 6.24. The number of aryl methyl sites for hydroxylation is 1. The normalized spacial score (nSPS) is 14.0. The number of amides is 1. The van der Waals surface area contributed by atoms with Crippen LogP contribution in [0.2, 0.25) is 0 Å². The van der Waals surface area contributed by atoms with Gasteiger partial charge in [0.05, 0.1) is 4.92 Å². The van der Waals surface area contributed by atoms with Gasteiger partial charge in [-0.3, -0.25) is 19.6 Å². The lowest BCUT2D eigenvalue weighted by atomic mass is 9.99. The number of anilines is 2. The Hall–Kier alpha value is -2.94. The second-order valence-electron chi connectivity index (χ2n) is 7.40. The summed E-state index contributed by atoms with van der Waals surface area (Å²) < 4.78 is 27.8. The van der Waals surface area contributed by atoms with Crippen LogP contribution >= 0.6 is 0 Å². The monoisotopic (exact) mass is 417 g/mol. The number of carbonyl (C=O) groups excluding carboxylic acids is 1. The summed E-state index contributed by atoms with van der Waals surface area (Å²) in [7, 11) is -4.13. The first-order chi connectivity index (χ1) is 13.7. The number of carbonyl (C=O) groups is 1. The van der Waals surface area contributed by atoms with Gasteiger partial charge in [0.1, 0.15) is 0 Å². The molecule has 0 bridgehead atoms. The molecule has 2 aromatic carbocycles. The molecule has 0 fully saturated rings. The minimum absolute atomic E-state index is 0.0615. The van der Waals surface area contributed by atoms with Crippen LogP contribution in [-0.2, 0) is 21.2 Å². The predicted octanol–water partition coefficient (Wildman–Crippen LogP) is 3.72. The van der Waals surface area contributed by atoms with Crippen molar-refractivity contribution < 1.29 is 18.1 Å². The molecule has 1 aliphatic heterocycles. The molecule has 3 rings (SSSR count). The molecule has 8 nitrogen and oxygen atoms in total. The van der Waals surface area contributed by atoms with Gasteiger partial charge in [-0.2, -0.15) is 0 Å². The second-order valence-corrected chi connectivity index (χ2v) is 9.05. The van der Waals surface area contributed by atoms with Crippen molar-refractivity contribution in [3.05, 3.63) is 58.1 Å². The minimum atomic E-state index is -4.13. The van der Waals surface area contributed by atoms with Gasteiger partial charge in [-0.15, -0.1) is 0 Å². The van der Waals surface area contributed by atoms with Crippen LogP contribution in [0.25, 0.3) is 0 Å². The zero-order valence-corrected chi connectivity index (χ0v) is 17.1. The number of nitro benzene ring substituents is 1. The highest BCUT2D eigenvalue weighted by Crippen LogP contribution is 2.32. The molecule has 0 spiro atoms. The number of hydrogen-bond donors (Lipinski definition) is 1. The van der Waals surface area contributed by atoms with E-state index in [1.807, 2.05) is 0 Å². The molecular weight excluding hydrogens is 394 g/mol. The molecule has 1 aliphatic rings. The summed E-state index contributed by atoms with van der Waals surface area (Å²) in [5.74, 6) is 0.521. The summed E-state index contributed by atoms with van der Waals surface area (Å²) in [6, 6.07) is 10.2. The molecule has 29 heavy (non-hydrogen) atoms. The molecule has 2 aromatic rings. The Morgan fingerprint density at radius 1 is 1.17 bits per heavy atom. The summed E-state index contributed by atoms with van der Waals surface area (Å²) in [4.78, 5) is 24.1. The second kappa shape index (κ2) is 8.20. The molecule has 1 heterocycles. The Balaban J connectivity index is 1.89. The fraction of sp³-hybridized carbons (Fsp3) is 0.350. The van der Waals surface area contributed by atoms with Gasteiger partial charge in [0.2, 0.25) is 5.91 Å². The number of para-hydroxylation sites is 1. The summed E-state index contributed by atoms with van der Waals surface area (Å²) in [6.45, 7) is 4.80. The van der Waals surface area contributed by atoms with Gasteiger partial charge in [-0.1, -0.05) is 26.0 Å². The number of rotatable bonds is 7. The van der Waals surface area contributed by atoms with Crippen LogP contribution in [0.15, 0.2) is 47.4 Å². The van der Waals surface area contributed by atoms with E-state index >= 15 is 0 Å². The average molecular weight is 417 g/mol. The maximum Gasteiger partial charge on any atom is 0.289 e. The van der Waals surface area contributed by atoms with E-state index in [0.29, 0.717) is 31.0 Å². The first-order valence-corrected chi connectivity index (χ1v) is 10.9. The Kier molecular flexibility index (Phi) is 5.88. The molecule has 0 atom stereocenters. The Morgan fingerprint density at radius 3 is 2.59 bits per heavy atom. The van der Waals surface area contributed by atoms with Gasteiger partial charge in [0.25, 0.3) is 15.7 Å². The highest BCUT2D eigenvalue weighted by Gasteiger charge is 2.27. The van der Waals surface area contributed by atoms with E-state index < -0.39 is 25.5 Å². The maximum atomic E-state index is 12.7. The van der Waals surface area contributed by atoms with Crippen LogP contribution in [0.1, 0.15) is 32.3 Å². The van der Waals surface area contributed by atoms with Crippen LogP contribution in [0.3, 0.4) is 0 Å². The van der Waals surface area contributed by atoms with E-state index in [9.17, 15) is 23.3 Å².